The molecule has 0 heterocycles. The molecule has 1 atom stereocenters. The number of rotatable bonds is 8. The molecule has 29 heavy (non-hydrogen) atoms. The minimum Gasteiger partial charge on any atom is -0.378 e. The van der Waals surface area contributed by atoms with Gasteiger partial charge in [-0.1, -0.05) is 37.3 Å². The van der Waals surface area contributed by atoms with Gasteiger partial charge in [-0.15, -0.1) is 0 Å². The van der Waals surface area contributed by atoms with Crippen LogP contribution in [0.5, 0.6) is 0 Å². The fraction of sp³-hybridized carbons (Fsp3) is 0.333. The SMILES string of the molecule is CCCNC(=O)C(=O)NC[C@H](c1ccc(N(C)C)cc1)S(=O)(=O)c1ccccc1. The van der Waals surface area contributed by atoms with E-state index in [1.165, 1.54) is 12.1 Å². The van der Waals surface area contributed by atoms with Crippen molar-refractivity contribution in [1.82, 2.24) is 10.6 Å². The third-order valence-corrected chi connectivity index (χ3v) is 6.53. The first kappa shape index (κ1) is 22.4. The van der Waals surface area contributed by atoms with Crippen molar-refractivity contribution < 1.29 is 18.0 Å². The van der Waals surface area contributed by atoms with E-state index in [0.717, 1.165) is 5.69 Å². The van der Waals surface area contributed by atoms with Crippen molar-refractivity contribution >= 4 is 27.3 Å². The molecule has 2 rings (SSSR count). The number of nitrogens with one attached hydrogen (secondary N) is 2. The first-order valence-electron chi connectivity index (χ1n) is 9.39. The predicted molar refractivity (Wildman–Crippen MR) is 113 cm³/mol. The van der Waals surface area contributed by atoms with Crippen LogP contribution in [-0.4, -0.2) is 47.4 Å². The first-order valence-corrected chi connectivity index (χ1v) is 10.9. The van der Waals surface area contributed by atoms with Gasteiger partial charge in [-0.05, 0) is 36.2 Å². The summed E-state index contributed by atoms with van der Waals surface area (Å²) in [5.74, 6) is -1.62. The standard InChI is InChI=1S/C21H27N3O4S/c1-4-14-22-20(25)21(26)23-15-19(16-10-12-17(13-11-16)24(2)3)29(27,28)18-8-6-5-7-9-18/h5-13,19H,4,14-15H2,1-3H3,(H,22,25)(H,23,26)/t19-/m1/s1. The van der Waals surface area contributed by atoms with Crippen molar-refractivity contribution in [2.75, 3.05) is 32.1 Å². The van der Waals surface area contributed by atoms with E-state index in [9.17, 15) is 18.0 Å². The molecule has 7 nitrogen and oxygen atoms in total. The zero-order valence-electron chi connectivity index (χ0n) is 16.9. The minimum absolute atomic E-state index is 0.159. The van der Waals surface area contributed by atoms with E-state index in [2.05, 4.69) is 10.6 Å². The Labute approximate surface area is 172 Å². The van der Waals surface area contributed by atoms with Crippen molar-refractivity contribution in [1.29, 1.82) is 0 Å². The lowest BCUT2D eigenvalue weighted by Gasteiger charge is -2.20. The summed E-state index contributed by atoms with van der Waals surface area (Å²) < 4.78 is 26.5. The number of sulfone groups is 1. The molecule has 0 unspecified atom stereocenters. The van der Waals surface area contributed by atoms with Crippen LogP contribution in [0.3, 0.4) is 0 Å². The van der Waals surface area contributed by atoms with E-state index in [0.29, 0.717) is 18.5 Å². The molecule has 0 aliphatic heterocycles. The number of benzene rings is 2. The van der Waals surface area contributed by atoms with Crippen LogP contribution in [0.1, 0.15) is 24.2 Å². The molecule has 2 aromatic carbocycles. The third-order valence-electron chi connectivity index (χ3n) is 4.42. The summed E-state index contributed by atoms with van der Waals surface area (Å²) in [5, 5.41) is 3.92. The van der Waals surface area contributed by atoms with Crippen LogP contribution in [0.4, 0.5) is 5.69 Å². The van der Waals surface area contributed by atoms with Crippen molar-refractivity contribution in [3.05, 3.63) is 60.2 Å². The third kappa shape index (κ3) is 5.80. The monoisotopic (exact) mass is 417 g/mol. The number of anilines is 1. The largest absolute Gasteiger partial charge is 0.378 e. The van der Waals surface area contributed by atoms with Crippen LogP contribution < -0.4 is 15.5 Å². The zero-order valence-corrected chi connectivity index (χ0v) is 17.7. The van der Waals surface area contributed by atoms with Gasteiger partial charge in [0.2, 0.25) is 0 Å². The Kier molecular flexibility index (Phi) is 7.78. The number of carbonyl (C=O) groups excluding carboxylic acids is 2. The molecule has 2 N–H and O–H groups in total. The Morgan fingerprint density at radius 1 is 0.931 bits per heavy atom. The Morgan fingerprint density at radius 3 is 2.07 bits per heavy atom. The summed E-state index contributed by atoms with van der Waals surface area (Å²) in [6.07, 6.45) is 0.697. The van der Waals surface area contributed by atoms with E-state index in [4.69, 9.17) is 0 Å². The van der Waals surface area contributed by atoms with Gasteiger partial charge in [0.05, 0.1) is 4.90 Å². The van der Waals surface area contributed by atoms with Gasteiger partial charge >= 0.3 is 11.8 Å². The van der Waals surface area contributed by atoms with Gasteiger partial charge in [-0.3, -0.25) is 9.59 Å². The highest BCUT2D eigenvalue weighted by Crippen LogP contribution is 2.29. The van der Waals surface area contributed by atoms with Gasteiger partial charge in [-0.2, -0.15) is 0 Å². The summed E-state index contributed by atoms with van der Waals surface area (Å²) in [6, 6.07) is 15.2. The molecule has 156 valence electrons. The maximum Gasteiger partial charge on any atom is 0.309 e. The topological polar surface area (TPSA) is 95.6 Å². The lowest BCUT2D eigenvalue weighted by Crippen LogP contribution is -2.42. The van der Waals surface area contributed by atoms with E-state index >= 15 is 0 Å². The summed E-state index contributed by atoms with van der Waals surface area (Å²) in [7, 11) is -0.00315. The number of amides is 2. The Bertz CT molecular complexity index is 926. The Morgan fingerprint density at radius 2 is 1.52 bits per heavy atom. The average molecular weight is 418 g/mol. The van der Waals surface area contributed by atoms with Crippen LogP contribution >= 0.6 is 0 Å². The summed E-state index contributed by atoms with van der Waals surface area (Å²) in [4.78, 5) is 25.9. The van der Waals surface area contributed by atoms with Gasteiger partial charge in [-0.25, -0.2) is 8.42 Å². The van der Waals surface area contributed by atoms with Crippen LogP contribution in [0.2, 0.25) is 0 Å². The smallest absolute Gasteiger partial charge is 0.309 e. The fourth-order valence-corrected chi connectivity index (χ4v) is 4.44. The highest BCUT2D eigenvalue weighted by molar-refractivity contribution is 7.91. The van der Waals surface area contributed by atoms with E-state index in [-0.39, 0.29) is 11.4 Å². The van der Waals surface area contributed by atoms with E-state index in [1.807, 2.05) is 38.1 Å². The molecule has 0 aliphatic rings. The maximum absolute atomic E-state index is 13.2. The molecule has 0 radical (unpaired) electrons. The van der Waals surface area contributed by atoms with E-state index in [1.54, 1.807) is 30.3 Å². The number of nitrogens with zero attached hydrogens (tertiary/aromatic N) is 1. The molecule has 0 fully saturated rings. The van der Waals surface area contributed by atoms with Crippen molar-refractivity contribution in [3.8, 4) is 0 Å². The molecule has 0 saturated heterocycles. The number of carbonyl (C=O) groups is 2. The predicted octanol–water partition coefficient (Wildman–Crippen LogP) is 1.91. The van der Waals surface area contributed by atoms with Gasteiger partial charge in [0.15, 0.2) is 9.84 Å². The second-order valence-electron chi connectivity index (χ2n) is 6.80. The average Bonchev–Trinajstić information content (AvgIpc) is 2.72. The molecule has 2 amide bonds. The highest BCUT2D eigenvalue weighted by Gasteiger charge is 2.30. The second-order valence-corrected chi connectivity index (χ2v) is 8.93. The van der Waals surface area contributed by atoms with Gasteiger partial charge in [0.1, 0.15) is 5.25 Å². The summed E-state index contributed by atoms with van der Waals surface area (Å²) in [5.41, 5.74) is 1.46. The molecule has 0 spiro atoms. The van der Waals surface area contributed by atoms with Crippen molar-refractivity contribution in [2.45, 2.75) is 23.5 Å². The number of hydrogen-bond donors (Lipinski definition) is 2. The van der Waals surface area contributed by atoms with Crippen LogP contribution in [0.25, 0.3) is 0 Å². The van der Waals surface area contributed by atoms with Crippen molar-refractivity contribution in [3.63, 3.8) is 0 Å². The Hall–Kier alpha value is -2.87. The molecule has 0 aromatic heterocycles. The molecule has 2 aromatic rings. The first-order chi connectivity index (χ1) is 13.8. The molecule has 0 aliphatic carbocycles. The second kappa shape index (κ2) is 10.1. The maximum atomic E-state index is 13.2. The van der Waals surface area contributed by atoms with Gasteiger partial charge in [0.25, 0.3) is 0 Å². The summed E-state index contributed by atoms with van der Waals surface area (Å²) >= 11 is 0. The molecular weight excluding hydrogens is 390 g/mol. The molecule has 8 heteroatoms. The zero-order chi connectivity index (χ0) is 21.4. The summed E-state index contributed by atoms with van der Waals surface area (Å²) in [6.45, 7) is 2.04. The minimum atomic E-state index is -3.79. The van der Waals surface area contributed by atoms with Crippen LogP contribution in [0, 0.1) is 0 Å². The van der Waals surface area contributed by atoms with Gasteiger partial charge < -0.3 is 15.5 Å². The van der Waals surface area contributed by atoms with Crippen LogP contribution in [-0.2, 0) is 19.4 Å². The Balaban J connectivity index is 2.31. The lowest BCUT2D eigenvalue weighted by molar-refractivity contribution is -0.139. The quantitative estimate of drug-likeness (QED) is 0.640. The van der Waals surface area contributed by atoms with Crippen LogP contribution in [0.15, 0.2) is 59.5 Å². The van der Waals surface area contributed by atoms with Gasteiger partial charge in [0, 0.05) is 32.9 Å². The molecule has 0 bridgehead atoms. The highest BCUT2D eigenvalue weighted by atomic mass is 32.2. The molecule has 0 saturated carbocycles. The fourth-order valence-electron chi connectivity index (χ4n) is 2.75. The lowest BCUT2D eigenvalue weighted by atomic mass is 10.1. The molecular formula is C21H27N3O4S. The normalized spacial score (nSPS) is 12.1. The van der Waals surface area contributed by atoms with E-state index < -0.39 is 26.9 Å². The number of hydrogen-bond acceptors (Lipinski definition) is 5. The van der Waals surface area contributed by atoms with Crippen molar-refractivity contribution in [2.24, 2.45) is 0 Å².